The van der Waals surface area contributed by atoms with Crippen LogP contribution in [0.5, 0.6) is 0 Å². The first-order valence-corrected chi connectivity index (χ1v) is 10.1. The predicted molar refractivity (Wildman–Crippen MR) is 110 cm³/mol. The Morgan fingerprint density at radius 1 is 1.09 bits per heavy atom. The highest BCUT2D eigenvalue weighted by Crippen LogP contribution is 2.36. The summed E-state index contributed by atoms with van der Waals surface area (Å²) in [5.74, 6) is -1.45. The molecule has 0 bridgehead atoms. The lowest BCUT2D eigenvalue weighted by atomic mass is 10.1. The maximum absolute atomic E-state index is 13.0. The summed E-state index contributed by atoms with van der Waals surface area (Å²) < 4.78 is 26.5. The van der Waals surface area contributed by atoms with Crippen molar-refractivity contribution in [2.24, 2.45) is 7.05 Å². The Hall–Kier alpha value is -3.74. The summed E-state index contributed by atoms with van der Waals surface area (Å²) in [4.78, 5) is 56.6. The van der Waals surface area contributed by atoms with E-state index >= 15 is 0 Å². The molecule has 1 fully saturated rings. The largest absolute Gasteiger partial charge is 0.463 e. The standard InChI is InChI=1S/C20H23N5O8/c1-9-6-24-18(29)14-17(23(5)20(24)22-9)25(8-21-14)19-16(32-12(4)28)15(31-11(3)27)13(33-19)7-30-10(2)26/h6,8,13,15-16,19H,7H2,1-5H3/t13-,15-,16-,19?/m1/s1. The maximum atomic E-state index is 13.0. The number of esters is 3. The molecule has 33 heavy (non-hydrogen) atoms. The smallest absolute Gasteiger partial charge is 0.303 e. The van der Waals surface area contributed by atoms with E-state index < -0.39 is 42.4 Å². The van der Waals surface area contributed by atoms with Gasteiger partial charge in [-0.15, -0.1) is 0 Å². The average Bonchev–Trinajstić information content (AvgIpc) is 3.40. The number of carbonyl (C=O) groups excluding carboxylic acids is 3. The first-order valence-electron chi connectivity index (χ1n) is 10.1. The minimum Gasteiger partial charge on any atom is -0.463 e. The van der Waals surface area contributed by atoms with Gasteiger partial charge in [-0.3, -0.25) is 28.3 Å². The lowest BCUT2D eigenvalue weighted by Gasteiger charge is -2.24. The molecule has 13 heteroatoms. The molecule has 0 spiro atoms. The number of aryl methyl sites for hydroxylation is 2. The molecular formula is C20H23N5O8. The Labute approximate surface area is 186 Å². The van der Waals surface area contributed by atoms with Gasteiger partial charge in [-0.05, 0) is 6.92 Å². The Morgan fingerprint density at radius 3 is 2.39 bits per heavy atom. The van der Waals surface area contributed by atoms with Crippen molar-refractivity contribution in [3.8, 4) is 0 Å². The van der Waals surface area contributed by atoms with Crippen molar-refractivity contribution in [3.05, 3.63) is 28.6 Å². The first kappa shape index (κ1) is 22.5. The van der Waals surface area contributed by atoms with E-state index in [1.807, 2.05) is 0 Å². The third kappa shape index (κ3) is 3.95. The number of carbonyl (C=O) groups is 3. The zero-order chi connectivity index (χ0) is 24.0. The number of aromatic nitrogens is 5. The molecule has 4 atom stereocenters. The normalized spacial score (nSPS) is 22.6. The molecule has 4 rings (SSSR count). The molecule has 0 amide bonds. The van der Waals surface area contributed by atoms with Gasteiger partial charge in [-0.2, -0.15) is 0 Å². The molecule has 0 saturated carbocycles. The molecule has 0 N–H and O–H groups in total. The van der Waals surface area contributed by atoms with Gasteiger partial charge in [0.1, 0.15) is 12.7 Å². The highest BCUT2D eigenvalue weighted by Gasteiger charge is 2.51. The van der Waals surface area contributed by atoms with E-state index in [4.69, 9.17) is 18.9 Å². The average molecular weight is 461 g/mol. The van der Waals surface area contributed by atoms with Crippen LogP contribution in [0.25, 0.3) is 16.9 Å². The quantitative estimate of drug-likeness (QED) is 0.376. The highest BCUT2D eigenvalue weighted by molar-refractivity contribution is 5.73. The van der Waals surface area contributed by atoms with Gasteiger partial charge in [0.2, 0.25) is 5.78 Å². The number of ether oxygens (including phenoxy) is 4. The van der Waals surface area contributed by atoms with E-state index in [-0.39, 0.29) is 17.7 Å². The van der Waals surface area contributed by atoms with Crippen LogP contribution in [0.4, 0.5) is 0 Å². The number of nitrogens with zero attached hydrogens (tertiary/aromatic N) is 5. The van der Waals surface area contributed by atoms with Gasteiger partial charge in [0, 0.05) is 34.0 Å². The van der Waals surface area contributed by atoms with Crippen molar-refractivity contribution in [1.29, 1.82) is 0 Å². The topological polar surface area (TPSA) is 145 Å². The third-order valence-electron chi connectivity index (χ3n) is 5.23. The van der Waals surface area contributed by atoms with Crippen molar-refractivity contribution >= 4 is 34.8 Å². The van der Waals surface area contributed by atoms with Crippen LogP contribution in [0, 0.1) is 6.92 Å². The number of hydrogen-bond acceptors (Lipinski definition) is 10. The number of fused-ring (bicyclic) bond motifs is 2. The SMILES string of the molecule is CC(=O)OC[C@H]1OC(n2cnc3c(=O)n4cc(C)nc4n(C)c32)[C@H](OC(C)=O)[C@@H]1OC(C)=O. The molecule has 4 heterocycles. The molecular weight excluding hydrogens is 438 g/mol. The number of hydrogen-bond donors (Lipinski definition) is 0. The van der Waals surface area contributed by atoms with Crippen molar-refractivity contribution in [2.45, 2.75) is 52.2 Å². The fourth-order valence-electron chi connectivity index (χ4n) is 4.02. The van der Waals surface area contributed by atoms with Gasteiger partial charge in [0.25, 0.3) is 5.56 Å². The summed E-state index contributed by atoms with van der Waals surface area (Å²) in [6.45, 7) is 5.16. The van der Waals surface area contributed by atoms with Crippen LogP contribution in [-0.2, 0) is 40.4 Å². The molecule has 0 aliphatic carbocycles. The summed E-state index contributed by atoms with van der Waals surface area (Å²) in [7, 11) is 1.71. The minimum atomic E-state index is -1.10. The van der Waals surface area contributed by atoms with Gasteiger partial charge in [-0.25, -0.2) is 14.4 Å². The lowest BCUT2D eigenvalue weighted by molar-refractivity contribution is -0.166. The minimum absolute atomic E-state index is 0.139. The van der Waals surface area contributed by atoms with Gasteiger partial charge in [0.05, 0.1) is 12.0 Å². The summed E-state index contributed by atoms with van der Waals surface area (Å²) in [5.41, 5.74) is 0.760. The maximum Gasteiger partial charge on any atom is 0.303 e. The zero-order valence-electron chi connectivity index (χ0n) is 18.7. The van der Waals surface area contributed by atoms with Crippen molar-refractivity contribution in [3.63, 3.8) is 0 Å². The summed E-state index contributed by atoms with van der Waals surface area (Å²) >= 11 is 0. The van der Waals surface area contributed by atoms with Crippen molar-refractivity contribution in [2.75, 3.05) is 6.61 Å². The molecule has 3 aromatic rings. The van der Waals surface area contributed by atoms with Crippen molar-refractivity contribution in [1.82, 2.24) is 23.5 Å². The molecule has 13 nitrogen and oxygen atoms in total. The zero-order valence-corrected chi connectivity index (χ0v) is 18.7. The molecule has 1 saturated heterocycles. The van der Waals surface area contributed by atoms with Crippen molar-refractivity contribution < 1.29 is 33.3 Å². The molecule has 3 aromatic heterocycles. The monoisotopic (exact) mass is 461 g/mol. The predicted octanol–water partition coefficient (Wildman–Crippen LogP) is 0.0150. The summed E-state index contributed by atoms with van der Waals surface area (Å²) in [5, 5.41) is 0. The summed E-state index contributed by atoms with van der Waals surface area (Å²) in [6.07, 6.45) is -1.15. The molecule has 1 aliphatic rings. The van der Waals surface area contributed by atoms with Gasteiger partial charge in [-0.1, -0.05) is 0 Å². The van der Waals surface area contributed by atoms with E-state index in [1.54, 1.807) is 24.7 Å². The van der Waals surface area contributed by atoms with Gasteiger partial charge >= 0.3 is 17.9 Å². The van der Waals surface area contributed by atoms with Gasteiger partial charge < -0.3 is 18.9 Å². The Kier molecular flexibility index (Phi) is 5.66. The fraction of sp³-hybridized carbons (Fsp3) is 0.500. The second kappa shape index (κ2) is 8.31. The van der Waals surface area contributed by atoms with Gasteiger partial charge in [0.15, 0.2) is 29.6 Å². The first-order chi connectivity index (χ1) is 15.6. The summed E-state index contributed by atoms with van der Waals surface area (Å²) in [6, 6.07) is 0. The van der Waals surface area contributed by atoms with Crippen LogP contribution in [-0.4, -0.2) is 66.3 Å². The number of rotatable bonds is 5. The number of imidazole rings is 2. The molecule has 0 radical (unpaired) electrons. The van der Waals surface area contributed by atoms with E-state index in [0.717, 1.165) is 0 Å². The lowest BCUT2D eigenvalue weighted by Crippen LogP contribution is -2.40. The van der Waals surface area contributed by atoms with E-state index in [9.17, 15) is 19.2 Å². The molecule has 1 aliphatic heterocycles. The van der Waals surface area contributed by atoms with Crippen LogP contribution in [0.15, 0.2) is 17.3 Å². The molecule has 0 aromatic carbocycles. The second-order valence-electron chi connectivity index (χ2n) is 7.76. The van der Waals surface area contributed by atoms with Crippen LogP contribution in [0.1, 0.15) is 32.7 Å². The van der Waals surface area contributed by atoms with Crippen LogP contribution >= 0.6 is 0 Å². The highest BCUT2D eigenvalue weighted by atomic mass is 16.7. The van der Waals surface area contributed by atoms with Crippen LogP contribution in [0.3, 0.4) is 0 Å². The molecule has 176 valence electrons. The third-order valence-corrected chi connectivity index (χ3v) is 5.23. The Bertz CT molecular complexity index is 1320. The van der Waals surface area contributed by atoms with E-state index in [0.29, 0.717) is 17.1 Å². The fourth-order valence-corrected chi connectivity index (χ4v) is 4.02. The Morgan fingerprint density at radius 2 is 1.76 bits per heavy atom. The van der Waals surface area contributed by atoms with E-state index in [1.165, 1.54) is 36.1 Å². The van der Waals surface area contributed by atoms with E-state index in [2.05, 4.69) is 9.97 Å². The van der Waals surface area contributed by atoms with Crippen LogP contribution in [0.2, 0.25) is 0 Å². The Balaban J connectivity index is 1.86. The molecule has 1 unspecified atom stereocenters. The second-order valence-corrected chi connectivity index (χ2v) is 7.76. The van der Waals surface area contributed by atoms with Crippen LogP contribution < -0.4 is 5.56 Å².